The molecule has 0 N–H and O–H groups in total. The Balaban J connectivity index is 1.77. The third-order valence-corrected chi connectivity index (χ3v) is 4.70. The van der Waals surface area contributed by atoms with E-state index < -0.39 is 0 Å². The fourth-order valence-corrected chi connectivity index (χ4v) is 3.98. The minimum atomic E-state index is 0.503. The fraction of sp³-hybridized carbons (Fsp3) is 0.769. The molecule has 3 aliphatic rings. The average Bonchev–Trinajstić information content (AvgIpc) is 2.50. The highest BCUT2D eigenvalue weighted by Crippen LogP contribution is 2.70. The van der Waals surface area contributed by atoms with Crippen molar-refractivity contribution in [1.82, 2.24) is 0 Å². The molecule has 0 aromatic heterocycles. The minimum Gasteiger partial charge on any atom is -0.300 e. The first-order valence-electron chi connectivity index (χ1n) is 6.00. The van der Waals surface area contributed by atoms with Crippen LogP contribution in [0.3, 0.4) is 0 Å². The molecule has 1 spiro atoms. The van der Waals surface area contributed by atoms with Gasteiger partial charge in [0.1, 0.15) is 5.78 Å². The highest BCUT2D eigenvalue weighted by molar-refractivity contribution is 5.82. The molecular formula is C13H18O. The lowest BCUT2D eigenvalue weighted by Gasteiger charge is -2.05. The van der Waals surface area contributed by atoms with Crippen molar-refractivity contribution in [1.29, 1.82) is 0 Å². The van der Waals surface area contributed by atoms with E-state index in [0.29, 0.717) is 11.2 Å². The Morgan fingerprint density at radius 2 is 1.79 bits per heavy atom. The predicted octanol–water partition coefficient (Wildman–Crippen LogP) is 3.10. The summed E-state index contributed by atoms with van der Waals surface area (Å²) in [5, 5.41) is 0. The molecule has 0 bridgehead atoms. The van der Waals surface area contributed by atoms with Gasteiger partial charge < -0.3 is 0 Å². The Bertz CT molecular complexity index is 274. The lowest BCUT2D eigenvalue weighted by Crippen LogP contribution is -2.00. The zero-order valence-corrected chi connectivity index (χ0v) is 8.67. The summed E-state index contributed by atoms with van der Waals surface area (Å²) in [5.41, 5.74) is 0.503. The molecule has 0 aromatic rings. The summed E-state index contributed by atoms with van der Waals surface area (Å²) in [4.78, 5) is 11.4. The third-order valence-electron chi connectivity index (χ3n) is 4.70. The standard InChI is InChI=1S/C13H18O/c14-10-7-8-13(9-10)11-5-3-1-2-4-6-12(11)13/h1-2,11-12H,3-9H2/b2-1-/t11-,12+,13?. The largest absolute Gasteiger partial charge is 0.300 e. The zero-order valence-electron chi connectivity index (χ0n) is 8.67. The average molecular weight is 190 g/mol. The van der Waals surface area contributed by atoms with Crippen LogP contribution in [0.1, 0.15) is 44.9 Å². The van der Waals surface area contributed by atoms with E-state index >= 15 is 0 Å². The van der Waals surface area contributed by atoms with Crippen molar-refractivity contribution < 1.29 is 4.79 Å². The van der Waals surface area contributed by atoms with Gasteiger partial charge in [0.05, 0.1) is 0 Å². The molecule has 3 atom stereocenters. The molecule has 76 valence electrons. The van der Waals surface area contributed by atoms with E-state index in [1.165, 1.54) is 32.1 Å². The van der Waals surface area contributed by atoms with Gasteiger partial charge in [-0.05, 0) is 49.4 Å². The molecule has 0 saturated heterocycles. The van der Waals surface area contributed by atoms with Crippen LogP contribution in [0.5, 0.6) is 0 Å². The summed E-state index contributed by atoms with van der Waals surface area (Å²) in [6, 6.07) is 0. The van der Waals surface area contributed by atoms with Crippen LogP contribution in [0.15, 0.2) is 12.2 Å². The lowest BCUT2D eigenvalue weighted by atomic mass is 9.98. The number of hydrogen-bond acceptors (Lipinski definition) is 1. The number of fused-ring (bicyclic) bond motifs is 3. The molecule has 3 aliphatic carbocycles. The van der Waals surface area contributed by atoms with Crippen molar-refractivity contribution >= 4 is 5.78 Å². The van der Waals surface area contributed by atoms with Gasteiger partial charge in [0.15, 0.2) is 0 Å². The Labute approximate surface area is 85.6 Å². The van der Waals surface area contributed by atoms with E-state index in [1.54, 1.807) is 0 Å². The van der Waals surface area contributed by atoms with Gasteiger partial charge >= 0.3 is 0 Å². The van der Waals surface area contributed by atoms with Gasteiger partial charge in [0.25, 0.3) is 0 Å². The Kier molecular flexibility index (Phi) is 1.83. The molecule has 0 radical (unpaired) electrons. The quantitative estimate of drug-likeness (QED) is 0.536. The van der Waals surface area contributed by atoms with Crippen LogP contribution in [0.2, 0.25) is 0 Å². The van der Waals surface area contributed by atoms with Gasteiger partial charge in [-0.25, -0.2) is 0 Å². The summed E-state index contributed by atoms with van der Waals surface area (Å²) in [5.74, 6) is 2.34. The van der Waals surface area contributed by atoms with Gasteiger partial charge in [-0.3, -0.25) is 4.79 Å². The van der Waals surface area contributed by atoms with Crippen molar-refractivity contribution in [2.24, 2.45) is 17.3 Å². The van der Waals surface area contributed by atoms with Crippen LogP contribution in [-0.2, 0) is 4.79 Å². The van der Waals surface area contributed by atoms with Crippen molar-refractivity contribution in [2.45, 2.75) is 44.9 Å². The number of carbonyl (C=O) groups excluding carboxylic acids is 1. The topological polar surface area (TPSA) is 17.1 Å². The van der Waals surface area contributed by atoms with Gasteiger partial charge in [-0.1, -0.05) is 12.2 Å². The van der Waals surface area contributed by atoms with E-state index in [1.807, 2.05) is 0 Å². The molecule has 1 nitrogen and oxygen atoms in total. The number of rotatable bonds is 0. The Hall–Kier alpha value is -0.590. The van der Waals surface area contributed by atoms with Crippen LogP contribution in [-0.4, -0.2) is 5.78 Å². The van der Waals surface area contributed by atoms with E-state index in [2.05, 4.69) is 12.2 Å². The SMILES string of the molecule is O=C1CCC2(C1)[C@@H]1CC/C=C\CC[C@@H]12. The molecule has 3 rings (SSSR count). The molecule has 0 heterocycles. The van der Waals surface area contributed by atoms with Gasteiger partial charge in [0, 0.05) is 12.8 Å². The molecular weight excluding hydrogens is 172 g/mol. The molecule has 0 amide bonds. The Morgan fingerprint density at radius 1 is 1.14 bits per heavy atom. The summed E-state index contributed by atoms with van der Waals surface area (Å²) in [6.45, 7) is 0. The van der Waals surface area contributed by atoms with Crippen LogP contribution in [0, 0.1) is 17.3 Å². The molecule has 0 aromatic carbocycles. The number of carbonyl (C=O) groups is 1. The van der Waals surface area contributed by atoms with Crippen LogP contribution in [0.25, 0.3) is 0 Å². The van der Waals surface area contributed by atoms with E-state index in [9.17, 15) is 4.79 Å². The molecule has 14 heavy (non-hydrogen) atoms. The Morgan fingerprint density at radius 3 is 2.29 bits per heavy atom. The third kappa shape index (κ3) is 1.11. The van der Waals surface area contributed by atoms with Crippen LogP contribution in [0.4, 0.5) is 0 Å². The first-order valence-corrected chi connectivity index (χ1v) is 6.00. The summed E-state index contributed by atoms with van der Waals surface area (Å²) in [7, 11) is 0. The maximum absolute atomic E-state index is 11.4. The lowest BCUT2D eigenvalue weighted by molar-refractivity contribution is -0.117. The van der Waals surface area contributed by atoms with Gasteiger partial charge in [0.2, 0.25) is 0 Å². The second-order valence-electron chi connectivity index (χ2n) is 5.29. The molecule has 2 saturated carbocycles. The van der Waals surface area contributed by atoms with Crippen molar-refractivity contribution in [3.05, 3.63) is 12.2 Å². The zero-order chi connectivity index (χ0) is 9.60. The monoisotopic (exact) mass is 190 g/mol. The van der Waals surface area contributed by atoms with Crippen molar-refractivity contribution in [3.8, 4) is 0 Å². The summed E-state index contributed by atoms with van der Waals surface area (Å²) >= 11 is 0. The molecule has 0 aliphatic heterocycles. The smallest absolute Gasteiger partial charge is 0.133 e. The van der Waals surface area contributed by atoms with Crippen LogP contribution >= 0.6 is 0 Å². The summed E-state index contributed by atoms with van der Waals surface area (Å²) in [6.07, 6.45) is 12.8. The van der Waals surface area contributed by atoms with E-state index in [4.69, 9.17) is 0 Å². The second-order valence-corrected chi connectivity index (χ2v) is 5.29. The minimum absolute atomic E-state index is 0.503. The first kappa shape index (κ1) is 8.70. The normalized spacial score (nSPS) is 48.4. The maximum atomic E-state index is 11.4. The summed E-state index contributed by atoms with van der Waals surface area (Å²) < 4.78 is 0. The second kappa shape index (κ2) is 2.95. The molecule has 2 fully saturated rings. The van der Waals surface area contributed by atoms with Gasteiger partial charge in [-0.2, -0.15) is 0 Å². The predicted molar refractivity (Wildman–Crippen MR) is 55.9 cm³/mol. The van der Waals surface area contributed by atoms with Crippen molar-refractivity contribution in [3.63, 3.8) is 0 Å². The van der Waals surface area contributed by atoms with Gasteiger partial charge in [-0.15, -0.1) is 0 Å². The molecule has 1 heteroatoms. The van der Waals surface area contributed by atoms with Crippen molar-refractivity contribution in [2.75, 3.05) is 0 Å². The maximum Gasteiger partial charge on any atom is 0.133 e. The highest BCUT2D eigenvalue weighted by atomic mass is 16.1. The fourth-order valence-electron chi connectivity index (χ4n) is 3.98. The van der Waals surface area contributed by atoms with Crippen LogP contribution < -0.4 is 0 Å². The number of allylic oxidation sites excluding steroid dienone is 2. The number of Topliss-reactive ketones (excluding diaryl/α,β-unsaturated/α-hetero) is 1. The highest BCUT2D eigenvalue weighted by Gasteiger charge is 2.64. The van der Waals surface area contributed by atoms with E-state index in [0.717, 1.165) is 24.7 Å². The van der Waals surface area contributed by atoms with E-state index in [-0.39, 0.29) is 0 Å². The first-order chi connectivity index (χ1) is 6.83. The molecule has 1 unspecified atom stereocenters. The number of hydrogen-bond donors (Lipinski definition) is 0. The number of ketones is 1.